The predicted molar refractivity (Wildman–Crippen MR) is 241 cm³/mol. The van der Waals surface area contributed by atoms with E-state index < -0.39 is 38.1 Å². The lowest BCUT2D eigenvalue weighted by Gasteiger charge is -2.31. The first-order chi connectivity index (χ1) is 29.0. The smallest absolute Gasteiger partial charge is 0.425 e. The number of carbonyl (C=O) groups excluding carboxylic acids is 3. The summed E-state index contributed by atoms with van der Waals surface area (Å²) in [7, 11) is -4.31. The van der Waals surface area contributed by atoms with Gasteiger partial charge in [-0.25, -0.2) is 14.2 Å². The minimum atomic E-state index is -4.31. The number of hydrogen-bond acceptors (Lipinski definition) is 10. The fourth-order valence-electron chi connectivity index (χ4n) is 6.43. The van der Waals surface area contributed by atoms with E-state index in [9.17, 15) is 18.9 Å². The van der Waals surface area contributed by atoms with E-state index in [1.807, 2.05) is 92.7 Å². The molecule has 13 heteroatoms. The molecule has 0 heterocycles. The molecule has 61 heavy (non-hydrogen) atoms. The van der Waals surface area contributed by atoms with Gasteiger partial charge in [-0.05, 0) is 79.0 Å². The standard InChI is InChI=1S/C48H64N3O9P/c1-10-40(41-23-26-44(51(29-33(2)3)30-34(4)5)43(27-41)50-48(54)49-42-24-21-36(8)22-25-42)28-45(52)58-47(35(6)7)59-46(53)37(9)60-61(55,56-31-38-17-13-11-14-18-38)57-32-39-19-15-12-16-20-39/h11-27,33-35,37,40,47H,10,28-32H2,1-9H3,(H2,49,50,54)/t37-,40-,47?/m0/s1. The van der Waals surface area contributed by atoms with Gasteiger partial charge in [-0.2, -0.15) is 0 Å². The maximum atomic E-state index is 13.9. The normalized spacial score (nSPS) is 13.1. The second-order valence-electron chi connectivity index (χ2n) is 16.5. The summed E-state index contributed by atoms with van der Waals surface area (Å²) in [6.07, 6.45) is -2.10. The molecule has 12 nitrogen and oxygen atoms in total. The van der Waals surface area contributed by atoms with Crippen molar-refractivity contribution < 1.29 is 42.0 Å². The molecule has 0 bridgehead atoms. The van der Waals surface area contributed by atoms with Crippen molar-refractivity contribution in [2.45, 2.75) is 107 Å². The van der Waals surface area contributed by atoms with Gasteiger partial charge in [-0.3, -0.25) is 18.4 Å². The van der Waals surface area contributed by atoms with E-state index >= 15 is 0 Å². The molecular weight excluding hydrogens is 794 g/mol. The SMILES string of the molecule is CC[C@@H](CC(=O)OC(OC(=O)[C@H](C)OP(=O)(OCc1ccccc1)OCc1ccccc1)C(C)C)c1ccc(N(CC(C)C)CC(C)C)c(NC(=O)Nc2ccc(C)cc2)c1. The van der Waals surface area contributed by atoms with E-state index in [0.717, 1.165) is 41.0 Å². The molecule has 3 atom stereocenters. The molecule has 2 amide bonds. The fourth-order valence-corrected chi connectivity index (χ4v) is 7.72. The maximum Gasteiger partial charge on any atom is 0.476 e. The number of carbonyl (C=O) groups is 3. The molecule has 0 fully saturated rings. The van der Waals surface area contributed by atoms with Gasteiger partial charge in [0.05, 0.1) is 31.0 Å². The summed E-state index contributed by atoms with van der Waals surface area (Å²) < 4.78 is 42.4. The van der Waals surface area contributed by atoms with E-state index in [0.29, 0.717) is 29.6 Å². The summed E-state index contributed by atoms with van der Waals surface area (Å²) in [5.74, 6) is -1.46. The third kappa shape index (κ3) is 16.4. The lowest BCUT2D eigenvalue weighted by atomic mass is 9.92. The lowest BCUT2D eigenvalue weighted by molar-refractivity contribution is -0.201. The van der Waals surface area contributed by atoms with Crippen LogP contribution in [0.15, 0.2) is 103 Å². The number of ether oxygens (including phenoxy) is 2. The summed E-state index contributed by atoms with van der Waals surface area (Å²) in [4.78, 5) is 42.7. The third-order valence-corrected chi connectivity index (χ3v) is 11.0. The van der Waals surface area contributed by atoms with Crippen LogP contribution in [0.5, 0.6) is 0 Å². The van der Waals surface area contributed by atoms with Crippen molar-refractivity contribution in [2.24, 2.45) is 17.8 Å². The highest BCUT2D eigenvalue weighted by atomic mass is 31.2. The van der Waals surface area contributed by atoms with E-state index in [2.05, 4.69) is 43.2 Å². The Balaban J connectivity index is 1.47. The minimum Gasteiger partial charge on any atom is -0.425 e. The van der Waals surface area contributed by atoms with Gasteiger partial charge in [0.15, 0.2) is 6.10 Å². The Morgan fingerprint density at radius 2 is 1.26 bits per heavy atom. The summed E-state index contributed by atoms with van der Waals surface area (Å²) in [5, 5.41) is 6.02. The quantitative estimate of drug-likeness (QED) is 0.0420. The molecule has 0 saturated heterocycles. The highest BCUT2D eigenvalue weighted by Gasteiger charge is 2.35. The van der Waals surface area contributed by atoms with Crippen LogP contribution in [-0.4, -0.2) is 43.5 Å². The molecular formula is C48H64N3O9P. The Hall–Kier alpha value is -5.00. The van der Waals surface area contributed by atoms with Gasteiger partial charge in [0.2, 0.25) is 6.29 Å². The average Bonchev–Trinajstić information content (AvgIpc) is 3.22. The van der Waals surface area contributed by atoms with Gasteiger partial charge in [0.1, 0.15) is 0 Å². The molecule has 1 unspecified atom stereocenters. The molecule has 4 aromatic rings. The second kappa shape index (κ2) is 23.9. The molecule has 4 rings (SSSR count). The number of hydrogen-bond donors (Lipinski definition) is 2. The van der Waals surface area contributed by atoms with Crippen LogP contribution >= 0.6 is 7.82 Å². The van der Waals surface area contributed by atoms with Gasteiger partial charge < -0.3 is 25.0 Å². The van der Waals surface area contributed by atoms with Gasteiger partial charge in [-0.1, -0.05) is 133 Å². The Bertz CT molecular complexity index is 1970. The number of anilines is 3. The van der Waals surface area contributed by atoms with Crippen LogP contribution < -0.4 is 15.5 Å². The molecule has 0 aliphatic carbocycles. The molecule has 2 N–H and O–H groups in total. The number of nitrogens with one attached hydrogen (secondary N) is 2. The van der Waals surface area contributed by atoms with Crippen LogP contribution in [-0.2, 0) is 50.4 Å². The summed E-state index contributed by atoms with van der Waals surface area (Å²) in [6.45, 7) is 18.9. The van der Waals surface area contributed by atoms with Crippen molar-refractivity contribution >= 4 is 42.9 Å². The van der Waals surface area contributed by atoms with Crippen molar-refractivity contribution in [3.63, 3.8) is 0 Å². The van der Waals surface area contributed by atoms with Gasteiger partial charge in [-0.15, -0.1) is 0 Å². The number of phosphoric ester groups is 1. The third-order valence-electron chi connectivity index (χ3n) is 9.57. The van der Waals surface area contributed by atoms with E-state index in [1.54, 1.807) is 38.1 Å². The number of phosphoric acid groups is 1. The van der Waals surface area contributed by atoms with Crippen molar-refractivity contribution in [2.75, 3.05) is 28.6 Å². The van der Waals surface area contributed by atoms with Gasteiger partial charge in [0, 0.05) is 24.7 Å². The van der Waals surface area contributed by atoms with Crippen LogP contribution in [0, 0.1) is 24.7 Å². The molecule has 0 aromatic heterocycles. The van der Waals surface area contributed by atoms with Crippen LogP contribution in [0.2, 0.25) is 0 Å². The van der Waals surface area contributed by atoms with Crippen LogP contribution in [0.4, 0.5) is 21.9 Å². The number of nitrogens with zero attached hydrogens (tertiary/aromatic N) is 1. The molecule has 330 valence electrons. The fraction of sp³-hybridized carbons (Fsp3) is 0.438. The van der Waals surface area contributed by atoms with E-state index in [4.69, 9.17) is 23.0 Å². The molecule has 0 aliphatic rings. The number of amides is 2. The predicted octanol–water partition coefficient (Wildman–Crippen LogP) is 11.7. The summed E-state index contributed by atoms with van der Waals surface area (Å²) in [5.41, 5.74) is 5.55. The van der Waals surface area contributed by atoms with Crippen LogP contribution in [0.3, 0.4) is 0 Å². The highest BCUT2D eigenvalue weighted by molar-refractivity contribution is 7.48. The highest BCUT2D eigenvalue weighted by Crippen LogP contribution is 2.52. The molecule has 0 saturated carbocycles. The first-order valence-corrected chi connectivity index (χ1v) is 22.6. The zero-order valence-corrected chi connectivity index (χ0v) is 38.0. The number of urea groups is 1. The molecule has 4 aromatic carbocycles. The van der Waals surface area contributed by atoms with Crippen molar-refractivity contribution in [3.05, 3.63) is 125 Å². The number of esters is 2. The van der Waals surface area contributed by atoms with Crippen LogP contribution in [0.25, 0.3) is 0 Å². The lowest BCUT2D eigenvalue weighted by Crippen LogP contribution is -2.34. The molecule has 0 radical (unpaired) electrons. The monoisotopic (exact) mass is 857 g/mol. The average molecular weight is 858 g/mol. The summed E-state index contributed by atoms with van der Waals surface area (Å²) >= 11 is 0. The number of aryl methyl sites for hydroxylation is 1. The largest absolute Gasteiger partial charge is 0.476 e. The number of benzene rings is 4. The first kappa shape index (κ1) is 48.7. The Morgan fingerprint density at radius 3 is 1.77 bits per heavy atom. The van der Waals surface area contributed by atoms with Crippen molar-refractivity contribution in [1.29, 1.82) is 0 Å². The molecule has 0 aliphatic heterocycles. The minimum absolute atomic E-state index is 0.0186. The topological polar surface area (TPSA) is 142 Å². The Labute approximate surface area is 362 Å². The number of rotatable bonds is 23. The second-order valence-corrected chi connectivity index (χ2v) is 18.1. The van der Waals surface area contributed by atoms with Gasteiger partial charge >= 0.3 is 25.8 Å². The van der Waals surface area contributed by atoms with Gasteiger partial charge in [0.25, 0.3) is 0 Å². The maximum absolute atomic E-state index is 13.9. The van der Waals surface area contributed by atoms with E-state index in [1.165, 1.54) is 6.92 Å². The zero-order chi connectivity index (χ0) is 44.5. The Morgan fingerprint density at radius 1 is 0.705 bits per heavy atom. The zero-order valence-electron chi connectivity index (χ0n) is 37.1. The van der Waals surface area contributed by atoms with Crippen LogP contribution in [0.1, 0.15) is 96.4 Å². The van der Waals surface area contributed by atoms with E-state index in [-0.39, 0.29) is 31.6 Å². The van der Waals surface area contributed by atoms with Crippen molar-refractivity contribution in [1.82, 2.24) is 0 Å². The summed E-state index contributed by atoms with van der Waals surface area (Å²) in [6, 6.07) is 31.3. The van der Waals surface area contributed by atoms with Crippen molar-refractivity contribution in [3.8, 4) is 0 Å². The molecule has 0 spiro atoms. The first-order valence-electron chi connectivity index (χ1n) is 21.1. The Kier molecular flexibility index (Phi) is 19.0.